The smallest absolute Gasteiger partial charge is 0.0613 e. The zero-order chi connectivity index (χ0) is 13.8. The fraction of sp³-hybridized carbons (Fsp3) is 0.333. The molecule has 0 spiro atoms. The fourth-order valence-corrected chi connectivity index (χ4v) is 2.30. The molecule has 4 heteroatoms. The minimum absolute atomic E-state index is 0.0547. The molecule has 3 N–H and O–H groups in total. The van der Waals surface area contributed by atoms with E-state index < -0.39 is 0 Å². The van der Waals surface area contributed by atoms with Crippen LogP contribution in [0.3, 0.4) is 0 Å². The van der Waals surface area contributed by atoms with Gasteiger partial charge in [0.1, 0.15) is 0 Å². The van der Waals surface area contributed by atoms with Crippen LogP contribution in [-0.4, -0.2) is 16.5 Å². The van der Waals surface area contributed by atoms with E-state index in [1.165, 1.54) is 5.56 Å². The number of nitrogen functional groups attached to an aromatic ring is 1. The average Bonchev–Trinajstić information content (AvgIpc) is 2.36. The van der Waals surface area contributed by atoms with Crippen molar-refractivity contribution in [2.45, 2.75) is 26.8 Å². The summed E-state index contributed by atoms with van der Waals surface area (Å²) in [6.45, 7) is 6.96. The number of hydrogen-bond donors (Lipinski definition) is 2. The molecule has 0 saturated carbocycles. The first-order valence-corrected chi connectivity index (χ1v) is 6.49. The van der Waals surface area contributed by atoms with Crippen LogP contribution in [0.15, 0.2) is 30.6 Å². The molecule has 19 heavy (non-hydrogen) atoms. The number of anilines is 1. The Hall–Kier alpha value is -1.94. The van der Waals surface area contributed by atoms with Crippen molar-refractivity contribution < 1.29 is 0 Å². The lowest BCUT2D eigenvalue weighted by molar-refractivity contribution is 0.628. The Morgan fingerprint density at radius 1 is 1.26 bits per heavy atom. The molecule has 2 aromatic heterocycles. The molecule has 1 atom stereocenters. The summed E-state index contributed by atoms with van der Waals surface area (Å²) in [6.07, 6.45) is 3.54. The lowest BCUT2D eigenvalue weighted by Crippen LogP contribution is -2.23. The lowest BCUT2D eigenvalue weighted by atomic mass is 9.98. The van der Waals surface area contributed by atoms with E-state index in [1.807, 2.05) is 26.1 Å². The second kappa shape index (κ2) is 5.80. The number of hydrogen-bond acceptors (Lipinski definition) is 4. The standard InChI is InChI=1S/C15H20N4/c1-4-18-15(13-9-17-6-5-14(13)16)12-7-10(2)19-11(3)8-12/h5-9,15,18H,4H2,1-3H3,(H2,16,17). The van der Waals surface area contributed by atoms with Crippen LogP contribution in [0, 0.1) is 13.8 Å². The van der Waals surface area contributed by atoms with Gasteiger partial charge in [0.25, 0.3) is 0 Å². The van der Waals surface area contributed by atoms with Gasteiger partial charge in [-0.25, -0.2) is 0 Å². The first-order chi connectivity index (χ1) is 9.11. The first kappa shape index (κ1) is 13.5. The molecule has 0 radical (unpaired) electrons. The number of aryl methyl sites for hydroxylation is 2. The third kappa shape index (κ3) is 3.09. The Bertz CT molecular complexity index is 546. The van der Waals surface area contributed by atoms with Crippen LogP contribution >= 0.6 is 0 Å². The van der Waals surface area contributed by atoms with Crippen molar-refractivity contribution in [3.05, 3.63) is 53.1 Å². The lowest BCUT2D eigenvalue weighted by Gasteiger charge is -2.20. The van der Waals surface area contributed by atoms with E-state index in [1.54, 1.807) is 6.20 Å². The Labute approximate surface area is 114 Å². The van der Waals surface area contributed by atoms with Crippen LogP contribution in [0.1, 0.15) is 35.5 Å². The number of rotatable bonds is 4. The Morgan fingerprint density at radius 2 is 1.95 bits per heavy atom. The highest BCUT2D eigenvalue weighted by molar-refractivity contribution is 5.49. The van der Waals surface area contributed by atoms with Gasteiger partial charge < -0.3 is 11.1 Å². The van der Waals surface area contributed by atoms with Gasteiger partial charge in [0, 0.05) is 35.0 Å². The SMILES string of the molecule is CCNC(c1cc(C)nc(C)c1)c1cnccc1N. The molecule has 100 valence electrons. The summed E-state index contributed by atoms with van der Waals surface area (Å²) in [5.41, 5.74) is 11.0. The maximum Gasteiger partial charge on any atom is 0.0613 e. The molecular weight excluding hydrogens is 236 g/mol. The van der Waals surface area contributed by atoms with Crippen molar-refractivity contribution >= 4 is 5.69 Å². The second-order valence-corrected chi connectivity index (χ2v) is 4.68. The van der Waals surface area contributed by atoms with Crippen LogP contribution in [0.4, 0.5) is 5.69 Å². The molecular formula is C15H20N4. The van der Waals surface area contributed by atoms with Gasteiger partial charge in [-0.05, 0) is 44.2 Å². The first-order valence-electron chi connectivity index (χ1n) is 6.49. The van der Waals surface area contributed by atoms with E-state index in [0.717, 1.165) is 29.2 Å². The molecule has 0 aromatic carbocycles. The highest BCUT2D eigenvalue weighted by atomic mass is 14.9. The second-order valence-electron chi connectivity index (χ2n) is 4.68. The van der Waals surface area contributed by atoms with Crippen molar-refractivity contribution in [2.75, 3.05) is 12.3 Å². The van der Waals surface area contributed by atoms with Gasteiger partial charge >= 0.3 is 0 Å². The summed E-state index contributed by atoms with van der Waals surface area (Å²) < 4.78 is 0. The van der Waals surface area contributed by atoms with Crippen LogP contribution in [0.5, 0.6) is 0 Å². The number of nitrogens with zero attached hydrogens (tertiary/aromatic N) is 2. The van der Waals surface area contributed by atoms with Crippen molar-refractivity contribution in [3.8, 4) is 0 Å². The van der Waals surface area contributed by atoms with Gasteiger partial charge in [0.2, 0.25) is 0 Å². The van der Waals surface area contributed by atoms with E-state index in [2.05, 4.69) is 34.3 Å². The van der Waals surface area contributed by atoms with E-state index in [4.69, 9.17) is 5.73 Å². The van der Waals surface area contributed by atoms with Gasteiger partial charge in [-0.2, -0.15) is 0 Å². The predicted molar refractivity (Wildman–Crippen MR) is 77.9 cm³/mol. The minimum atomic E-state index is 0.0547. The van der Waals surface area contributed by atoms with Crippen molar-refractivity contribution in [1.82, 2.24) is 15.3 Å². The number of nitrogens with one attached hydrogen (secondary N) is 1. The molecule has 1 unspecified atom stereocenters. The van der Waals surface area contributed by atoms with Crippen molar-refractivity contribution in [3.63, 3.8) is 0 Å². The molecule has 2 rings (SSSR count). The largest absolute Gasteiger partial charge is 0.398 e. The van der Waals surface area contributed by atoms with E-state index in [9.17, 15) is 0 Å². The highest BCUT2D eigenvalue weighted by Crippen LogP contribution is 2.26. The summed E-state index contributed by atoms with van der Waals surface area (Å²) in [4.78, 5) is 8.60. The van der Waals surface area contributed by atoms with Gasteiger partial charge in [0.05, 0.1) is 6.04 Å². The van der Waals surface area contributed by atoms with Gasteiger partial charge in [-0.15, -0.1) is 0 Å². The summed E-state index contributed by atoms with van der Waals surface area (Å²) in [5.74, 6) is 0. The predicted octanol–water partition coefficient (Wildman–Crippen LogP) is 2.37. The summed E-state index contributed by atoms with van der Waals surface area (Å²) >= 11 is 0. The van der Waals surface area contributed by atoms with E-state index >= 15 is 0 Å². The number of pyridine rings is 2. The molecule has 0 fully saturated rings. The number of nitrogens with two attached hydrogens (primary N) is 1. The molecule has 0 amide bonds. The molecule has 0 aliphatic heterocycles. The van der Waals surface area contributed by atoms with E-state index in [-0.39, 0.29) is 6.04 Å². The van der Waals surface area contributed by atoms with Crippen molar-refractivity contribution in [2.24, 2.45) is 0 Å². The average molecular weight is 256 g/mol. The molecule has 0 aliphatic rings. The van der Waals surface area contributed by atoms with Gasteiger partial charge in [-0.3, -0.25) is 9.97 Å². The Kier molecular flexibility index (Phi) is 4.12. The monoisotopic (exact) mass is 256 g/mol. The quantitative estimate of drug-likeness (QED) is 0.881. The van der Waals surface area contributed by atoms with Gasteiger partial charge in [0.15, 0.2) is 0 Å². The normalized spacial score (nSPS) is 12.4. The molecule has 2 heterocycles. The maximum absolute atomic E-state index is 6.07. The topological polar surface area (TPSA) is 63.8 Å². The van der Waals surface area contributed by atoms with Gasteiger partial charge in [-0.1, -0.05) is 6.92 Å². The zero-order valence-corrected chi connectivity index (χ0v) is 11.6. The summed E-state index contributed by atoms with van der Waals surface area (Å²) in [5, 5.41) is 3.46. The molecule has 0 bridgehead atoms. The summed E-state index contributed by atoms with van der Waals surface area (Å²) in [7, 11) is 0. The molecule has 0 aliphatic carbocycles. The third-order valence-corrected chi connectivity index (χ3v) is 3.04. The highest BCUT2D eigenvalue weighted by Gasteiger charge is 2.16. The Balaban J connectivity index is 2.48. The van der Waals surface area contributed by atoms with E-state index in [0.29, 0.717) is 0 Å². The molecule has 4 nitrogen and oxygen atoms in total. The third-order valence-electron chi connectivity index (χ3n) is 3.04. The molecule has 2 aromatic rings. The summed E-state index contributed by atoms with van der Waals surface area (Å²) in [6, 6.07) is 6.07. The van der Waals surface area contributed by atoms with Crippen LogP contribution in [0.25, 0.3) is 0 Å². The van der Waals surface area contributed by atoms with Crippen molar-refractivity contribution in [1.29, 1.82) is 0 Å². The minimum Gasteiger partial charge on any atom is -0.398 e. The van der Waals surface area contributed by atoms with Crippen LogP contribution < -0.4 is 11.1 Å². The van der Waals surface area contributed by atoms with Crippen LogP contribution in [0.2, 0.25) is 0 Å². The Morgan fingerprint density at radius 3 is 2.53 bits per heavy atom. The number of aromatic nitrogens is 2. The zero-order valence-electron chi connectivity index (χ0n) is 11.6. The fourth-order valence-electron chi connectivity index (χ4n) is 2.30. The maximum atomic E-state index is 6.07. The van der Waals surface area contributed by atoms with Crippen LogP contribution in [-0.2, 0) is 0 Å². The molecule has 0 saturated heterocycles.